The van der Waals surface area contributed by atoms with Crippen LogP contribution in [-0.4, -0.2) is 55.9 Å². The highest BCUT2D eigenvalue weighted by Crippen LogP contribution is 2.29. The van der Waals surface area contributed by atoms with Crippen molar-refractivity contribution in [2.45, 2.75) is 50.5 Å². The fourth-order valence-corrected chi connectivity index (χ4v) is 3.20. The van der Waals surface area contributed by atoms with E-state index in [9.17, 15) is 18.0 Å². The Morgan fingerprint density at radius 2 is 1.96 bits per heavy atom. The van der Waals surface area contributed by atoms with Crippen molar-refractivity contribution in [2.75, 3.05) is 11.9 Å². The first-order chi connectivity index (χ1) is 12.9. The van der Waals surface area contributed by atoms with E-state index in [2.05, 4.69) is 20.6 Å². The molecule has 1 fully saturated rings. The first kappa shape index (κ1) is 19.2. The SMILES string of the molecule is O=C(NC1CCC(Nc2[nH]ncc2-c2cnn(CCO)c2)CC1)C(F)(F)F. The summed E-state index contributed by atoms with van der Waals surface area (Å²) < 4.78 is 38.6. The first-order valence-electron chi connectivity index (χ1n) is 8.68. The van der Waals surface area contributed by atoms with Crippen LogP contribution in [0.15, 0.2) is 18.6 Å². The predicted molar refractivity (Wildman–Crippen MR) is 90.8 cm³/mol. The van der Waals surface area contributed by atoms with Crippen LogP contribution in [0.3, 0.4) is 0 Å². The molecule has 0 radical (unpaired) electrons. The van der Waals surface area contributed by atoms with Gasteiger partial charge in [0.1, 0.15) is 5.82 Å². The van der Waals surface area contributed by atoms with Gasteiger partial charge in [-0.15, -0.1) is 0 Å². The molecule has 0 aliphatic heterocycles. The summed E-state index contributed by atoms with van der Waals surface area (Å²) in [5, 5.41) is 25.4. The maximum atomic E-state index is 12.3. The topological polar surface area (TPSA) is 108 Å². The molecule has 0 atom stereocenters. The number of amides is 1. The molecule has 8 nitrogen and oxygen atoms in total. The maximum absolute atomic E-state index is 12.3. The molecule has 4 N–H and O–H groups in total. The summed E-state index contributed by atoms with van der Waals surface area (Å²) in [4.78, 5) is 11.0. The van der Waals surface area contributed by atoms with Crippen LogP contribution < -0.4 is 10.6 Å². The van der Waals surface area contributed by atoms with Crippen LogP contribution >= 0.6 is 0 Å². The summed E-state index contributed by atoms with van der Waals surface area (Å²) in [6.45, 7) is 0.389. The lowest BCUT2D eigenvalue weighted by atomic mass is 9.91. The second-order valence-electron chi connectivity index (χ2n) is 6.54. The molecule has 1 aliphatic carbocycles. The van der Waals surface area contributed by atoms with Gasteiger partial charge in [0, 0.05) is 29.4 Å². The molecule has 1 aliphatic rings. The van der Waals surface area contributed by atoms with Gasteiger partial charge in [-0.25, -0.2) is 0 Å². The van der Waals surface area contributed by atoms with Crippen LogP contribution in [0.5, 0.6) is 0 Å². The number of nitrogens with zero attached hydrogens (tertiary/aromatic N) is 3. The van der Waals surface area contributed by atoms with E-state index in [-0.39, 0.29) is 12.6 Å². The number of aliphatic hydroxyl groups is 1. The Morgan fingerprint density at radius 1 is 1.26 bits per heavy atom. The van der Waals surface area contributed by atoms with Gasteiger partial charge in [-0.05, 0) is 25.7 Å². The largest absolute Gasteiger partial charge is 0.471 e. The van der Waals surface area contributed by atoms with Crippen molar-refractivity contribution < 1.29 is 23.1 Å². The number of carbonyl (C=O) groups excluding carboxylic acids is 1. The second kappa shape index (κ2) is 7.99. The van der Waals surface area contributed by atoms with Gasteiger partial charge in [0.25, 0.3) is 0 Å². The third-order valence-electron chi connectivity index (χ3n) is 4.58. The number of aromatic nitrogens is 4. The first-order valence-corrected chi connectivity index (χ1v) is 8.68. The molecular formula is C16H21F3N6O2. The molecule has 148 valence electrons. The third kappa shape index (κ3) is 4.79. The number of H-pyrrole nitrogens is 1. The zero-order chi connectivity index (χ0) is 19.4. The van der Waals surface area contributed by atoms with E-state index >= 15 is 0 Å². The van der Waals surface area contributed by atoms with Crippen LogP contribution in [0.1, 0.15) is 25.7 Å². The molecule has 2 heterocycles. The van der Waals surface area contributed by atoms with Crippen molar-refractivity contribution in [1.29, 1.82) is 0 Å². The molecule has 2 aromatic heterocycles. The Morgan fingerprint density at radius 3 is 2.63 bits per heavy atom. The summed E-state index contributed by atoms with van der Waals surface area (Å²) in [6, 6.07) is -0.397. The molecular weight excluding hydrogens is 365 g/mol. The smallest absolute Gasteiger partial charge is 0.394 e. The average Bonchev–Trinajstić information content (AvgIpc) is 3.25. The number of hydrogen-bond donors (Lipinski definition) is 4. The highest BCUT2D eigenvalue weighted by Gasteiger charge is 2.40. The van der Waals surface area contributed by atoms with Gasteiger partial charge in [0.05, 0.1) is 25.5 Å². The molecule has 1 amide bonds. The molecule has 0 saturated heterocycles. The highest BCUT2D eigenvalue weighted by molar-refractivity contribution is 5.82. The fourth-order valence-electron chi connectivity index (χ4n) is 3.20. The number of alkyl halides is 3. The van der Waals surface area contributed by atoms with Crippen molar-refractivity contribution >= 4 is 11.7 Å². The van der Waals surface area contributed by atoms with Gasteiger partial charge < -0.3 is 15.7 Å². The quantitative estimate of drug-likeness (QED) is 0.604. The molecule has 1 saturated carbocycles. The zero-order valence-electron chi connectivity index (χ0n) is 14.5. The minimum absolute atomic E-state index is 0.00820. The number of nitrogens with one attached hydrogen (secondary N) is 3. The number of hydrogen-bond acceptors (Lipinski definition) is 5. The van der Waals surface area contributed by atoms with E-state index < -0.39 is 18.1 Å². The van der Waals surface area contributed by atoms with E-state index in [0.29, 0.717) is 38.0 Å². The van der Waals surface area contributed by atoms with E-state index in [0.717, 1.165) is 11.1 Å². The van der Waals surface area contributed by atoms with Gasteiger partial charge in [-0.3, -0.25) is 14.6 Å². The number of halogens is 3. The van der Waals surface area contributed by atoms with Crippen LogP contribution in [0, 0.1) is 0 Å². The highest BCUT2D eigenvalue weighted by atomic mass is 19.4. The molecule has 0 unspecified atom stereocenters. The average molecular weight is 386 g/mol. The molecule has 11 heteroatoms. The van der Waals surface area contributed by atoms with Crippen molar-refractivity contribution in [3.8, 4) is 11.1 Å². The van der Waals surface area contributed by atoms with Gasteiger partial charge in [-0.2, -0.15) is 23.4 Å². The van der Waals surface area contributed by atoms with E-state index in [1.54, 1.807) is 23.3 Å². The standard InChI is InChI=1S/C16H21F3N6O2/c17-16(18,19)15(27)23-12-3-1-11(2-4-12)22-14-13(8-20-24-14)10-7-21-25(9-10)5-6-26/h7-9,11-12,26H,1-6H2,(H,23,27)(H2,20,22,24). The molecule has 2 aromatic rings. The Labute approximate surface area is 153 Å². The van der Waals surface area contributed by atoms with E-state index in [4.69, 9.17) is 5.11 Å². The van der Waals surface area contributed by atoms with Gasteiger partial charge in [-0.1, -0.05) is 0 Å². The van der Waals surface area contributed by atoms with Crippen molar-refractivity contribution in [2.24, 2.45) is 0 Å². The Hall–Kier alpha value is -2.56. The van der Waals surface area contributed by atoms with E-state index in [1.165, 1.54) is 0 Å². The minimum atomic E-state index is -4.85. The molecule has 3 rings (SSSR count). The van der Waals surface area contributed by atoms with Gasteiger partial charge in [0.15, 0.2) is 0 Å². The number of aliphatic hydroxyl groups excluding tert-OH is 1. The Balaban J connectivity index is 1.55. The Kier molecular flexibility index (Phi) is 5.68. The lowest BCUT2D eigenvalue weighted by Gasteiger charge is -2.30. The summed E-state index contributed by atoms with van der Waals surface area (Å²) in [7, 11) is 0. The van der Waals surface area contributed by atoms with Gasteiger partial charge in [0.2, 0.25) is 0 Å². The summed E-state index contributed by atoms with van der Waals surface area (Å²) >= 11 is 0. The van der Waals surface area contributed by atoms with Crippen LogP contribution in [0.4, 0.5) is 19.0 Å². The summed E-state index contributed by atoms with van der Waals surface area (Å²) in [5.74, 6) is -1.17. The van der Waals surface area contributed by atoms with Crippen molar-refractivity contribution in [3.63, 3.8) is 0 Å². The van der Waals surface area contributed by atoms with Crippen LogP contribution in [0.2, 0.25) is 0 Å². The molecule has 27 heavy (non-hydrogen) atoms. The summed E-state index contributed by atoms with van der Waals surface area (Å²) in [5.41, 5.74) is 1.66. The van der Waals surface area contributed by atoms with Crippen molar-refractivity contribution in [3.05, 3.63) is 18.6 Å². The normalized spacial score (nSPS) is 20.4. The number of anilines is 1. The van der Waals surface area contributed by atoms with Crippen LogP contribution in [-0.2, 0) is 11.3 Å². The molecule has 0 bridgehead atoms. The monoisotopic (exact) mass is 386 g/mol. The molecule has 0 aromatic carbocycles. The number of rotatable bonds is 6. The minimum Gasteiger partial charge on any atom is -0.394 e. The fraction of sp³-hybridized carbons (Fsp3) is 0.562. The number of aromatic amines is 1. The lowest BCUT2D eigenvalue weighted by molar-refractivity contribution is -0.174. The third-order valence-corrected chi connectivity index (χ3v) is 4.58. The van der Waals surface area contributed by atoms with Crippen molar-refractivity contribution in [1.82, 2.24) is 25.3 Å². The van der Waals surface area contributed by atoms with Gasteiger partial charge >= 0.3 is 12.1 Å². The predicted octanol–water partition coefficient (Wildman–Crippen LogP) is 1.67. The Bertz CT molecular complexity index is 764. The summed E-state index contributed by atoms with van der Waals surface area (Å²) in [6.07, 6.45) is 2.49. The number of carbonyl (C=O) groups is 1. The molecule has 0 spiro atoms. The lowest BCUT2D eigenvalue weighted by Crippen LogP contribution is -2.45. The zero-order valence-corrected chi connectivity index (χ0v) is 14.5. The van der Waals surface area contributed by atoms with Crippen LogP contribution in [0.25, 0.3) is 11.1 Å². The second-order valence-corrected chi connectivity index (χ2v) is 6.54. The van der Waals surface area contributed by atoms with E-state index in [1.807, 2.05) is 5.32 Å². The maximum Gasteiger partial charge on any atom is 0.471 e.